The lowest BCUT2D eigenvalue weighted by molar-refractivity contribution is -0.0422. The lowest BCUT2D eigenvalue weighted by Gasteiger charge is -2.23. The molecular formula is C13H18O3. The third kappa shape index (κ3) is 3.36. The fraction of sp³-hybridized carbons (Fsp3) is 0.385. The van der Waals surface area contributed by atoms with E-state index in [1.165, 1.54) is 0 Å². The second-order valence-electron chi connectivity index (χ2n) is 3.81. The molecule has 1 rings (SSSR count). The van der Waals surface area contributed by atoms with Crippen LogP contribution in [0.1, 0.15) is 12.5 Å². The standard InChI is InChI=1S/C13H18O3/c1-4-13(2,10-14)16-9-11-5-7-12(15-3)8-6-11/h4-8,14H,1,9-10H2,2-3H3. The molecule has 0 aliphatic carbocycles. The van der Waals surface area contributed by atoms with Gasteiger partial charge in [0.25, 0.3) is 0 Å². The molecule has 88 valence electrons. The molecule has 0 bridgehead atoms. The van der Waals surface area contributed by atoms with Gasteiger partial charge in [0.1, 0.15) is 11.4 Å². The number of benzene rings is 1. The summed E-state index contributed by atoms with van der Waals surface area (Å²) in [6.45, 7) is 5.79. The van der Waals surface area contributed by atoms with Crippen LogP contribution in [-0.4, -0.2) is 24.4 Å². The van der Waals surface area contributed by atoms with E-state index in [9.17, 15) is 0 Å². The summed E-state index contributed by atoms with van der Waals surface area (Å²) in [5.74, 6) is 0.817. The number of ether oxygens (including phenoxy) is 2. The van der Waals surface area contributed by atoms with Crippen LogP contribution in [0.15, 0.2) is 36.9 Å². The number of hydrogen-bond donors (Lipinski definition) is 1. The van der Waals surface area contributed by atoms with Crippen molar-refractivity contribution < 1.29 is 14.6 Å². The van der Waals surface area contributed by atoms with Gasteiger partial charge in [-0.25, -0.2) is 0 Å². The molecule has 0 aromatic heterocycles. The van der Waals surface area contributed by atoms with Gasteiger partial charge in [0.2, 0.25) is 0 Å². The van der Waals surface area contributed by atoms with Gasteiger partial charge >= 0.3 is 0 Å². The fourth-order valence-corrected chi connectivity index (χ4v) is 1.14. The zero-order chi connectivity index (χ0) is 12.0. The first kappa shape index (κ1) is 12.7. The summed E-state index contributed by atoms with van der Waals surface area (Å²) < 4.78 is 10.6. The highest BCUT2D eigenvalue weighted by molar-refractivity contribution is 5.26. The van der Waals surface area contributed by atoms with Crippen molar-refractivity contribution in [3.63, 3.8) is 0 Å². The van der Waals surface area contributed by atoms with Gasteiger partial charge in [-0.1, -0.05) is 18.2 Å². The summed E-state index contributed by atoms with van der Waals surface area (Å²) in [5.41, 5.74) is 0.349. The average Bonchev–Trinajstić information content (AvgIpc) is 2.36. The largest absolute Gasteiger partial charge is 0.497 e. The Morgan fingerprint density at radius 2 is 2.00 bits per heavy atom. The normalized spacial score (nSPS) is 14.2. The van der Waals surface area contributed by atoms with E-state index in [0.29, 0.717) is 6.61 Å². The predicted octanol–water partition coefficient (Wildman–Crippen LogP) is 2.15. The first-order chi connectivity index (χ1) is 7.63. The predicted molar refractivity (Wildman–Crippen MR) is 63.5 cm³/mol. The zero-order valence-corrected chi connectivity index (χ0v) is 9.77. The lowest BCUT2D eigenvalue weighted by atomic mass is 10.1. The van der Waals surface area contributed by atoms with Gasteiger partial charge in [0.15, 0.2) is 0 Å². The maximum Gasteiger partial charge on any atom is 0.118 e. The minimum Gasteiger partial charge on any atom is -0.497 e. The SMILES string of the molecule is C=CC(C)(CO)OCc1ccc(OC)cc1. The second kappa shape index (κ2) is 5.68. The van der Waals surface area contributed by atoms with Crippen molar-refractivity contribution in [2.75, 3.05) is 13.7 Å². The first-order valence-electron chi connectivity index (χ1n) is 5.15. The number of rotatable bonds is 6. The Morgan fingerprint density at radius 1 is 1.38 bits per heavy atom. The molecule has 0 fully saturated rings. The van der Waals surface area contributed by atoms with Crippen LogP contribution in [0.2, 0.25) is 0 Å². The summed E-state index contributed by atoms with van der Waals surface area (Å²) in [6, 6.07) is 7.62. The van der Waals surface area contributed by atoms with Crippen molar-refractivity contribution in [1.82, 2.24) is 0 Å². The van der Waals surface area contributed by atoms with Crippen LogP contribution in [0.4, 0.5) is 0 Å². The number of hydrogen-bond acceptors (Lipinski definition) is 3. The van der Waals surface area contributed by atoms with Gasteiger partial charge in [0, 0.05) is 0 Å². The highest BCUT2D eigenvalue weighted by Gasteiger charge is 2.19. The summed E-state index contributed by atoms with van der Waals surface area (Å²) >= 11 is 0. The summed E-state index contributed by atoms with van der Waals surface area (Å²) in [7, 11) is 1.63. The molecular weight excluding hydrogens is 204 g/mol. The van der Waals surface area contributed by atoms with E-state index in [4.69, 9.17) is 14.6 Å². The zero-order valence-electron chi connectivity index (χ0n) is 9.77. The third-order valence-corrected chi connectivity index (χ3v) is 2.47. The van der Waals surface area contributed by atoms with E-state index in [1.807, 2.05) is 24.3 Å². The topological polar surface area (TPSA) is 38.7 Å². The van der Waals surface area contributed by atoms with Crippen molar-refractivity contribution in [2.45, 2.75) is 19.1 Å². The molecule has 0 heterocycles. The molecule has 0 amide bonds. The van der Waals surface area contributed by atoms with Gasteiger partial charge in [-0.05, 0) is 24.6 Å². The maximum atomic E-state index is 9.13. The van der Waals surface area contributed by atoms with Crippen molar-refractivity contribution >= 4 is 0 Å². The van der Waals surface area contributed by atoms with E-state index >= 15 is 0 Å². The third-order valence-electron chi connectivity index (χ3n) is 2.47. The quantitative estimate of drug-likeness (QED) is 0.749. The molecule has 0 aliphatic heterocycles. The van der Waals surface area contributed by atoms with Gasteiger partial charge < -0.3 is 14.6 Å². The van der Waals surface area contributed by atoms with Crippen LogP contribution in [0, 0.1) is 0 Å². The molecule has 1 atom stereocenters. The van der Waals surface area contributed by atoms with Crippen molar-refractivity contribution in [3.05, 3.63) is 42.5 Å². The van der Waals surface area contributed by atoms with Gasteiger partial charge in [-0.3, -0.25) is 0 Å². The summed E-state index contributed by atoms with van der Waals surface area (Å²) in [4.78, 5) is 0. The van der Waals surface area contributed by atoms with Crippen LogP contribution in [0.25, 0.3) is 0 Å². The van der Waals surface area contributed by atoms with E-state index in [0.717, 1.165) is 11.3 Å². The highest BCUT2D eigenvalue weighted by atomic mass is 16.5. The Labute approximate surface area is 96.3 Å². The highest BCUT2D eigenvalue weighted by Crippen LogP contribution is 2.16. The molecule has 0 saturated heterocycles. The minimum absolute atomic E-state index is 0.0767. The van der Waals surface area contributed by atoms with Crippen LogP contribution in [0.3, 0.4) is 0 Å². The minimum atomic E-state index is -0.681. The van der Waals surface area contributed by atoms with E-state index < -0.39 is 5.60 Å². The van der Waals surface area contributed by atoms with Gasteiger partial charge in [0.05, 0.1) is 20.3 Å². The van der Waals surface area contributed by atoms with E-state index in [2.05, 4.69) is 6.58 Å². The number of aliphatic hydroxyl groups is 1. The summed E-state index contributed by atoms with van der Waals surface area (Å²) in [5, 5.41) is 9.13. The van der Waals surface area contributed by atoms with Crippen LogP contribution < -0.4 is 4.74 Å². The van der Waals surface area contributed by atoms with Crippen LogP contribution in [0.5, 0.6) is 5.75 Å². The molecule has 1 unspecified atom stereocenters. The van der Waals surface area contributed by atoms with Crippen molar-refractivity contribution in [2.24, 2.45) is 0 Å². The average molecular weight is 222 g/mol. The van der Waals surface area contributed by atoms with Crippen LogP contribution in [-0.2, 0) is 11.3 Å². The molecule has 1 N–H and O–H groups in total. The Hall–Kier alpha value is -1.32. The Kier molecular flexibility index (Phi) is 4.52. The Morgan fingerprint density at radius 3 is 2.44 bits per heavy atom. The summed E-state index contributed by atoms with van der Waals surface area (Å²) in [6.07, 6.45) is 1.61. The molecule has 0 aliphatic rings. The van der Waals surface area contributed by atoms with Gasteiger partial charge in [-0.2, -0.15) is 0 Å². The molecule has 3 nitrogen and oxygen atoms in total. The number of methoxy groups -OCH3 is 1. The monoisotopic (exact) mass is 222 g/mol. The molecule has 3 heteroatoms. The van der Waals surface area contributed by atoms with E-state index in [1.54, 1.807) is 20.1 Å². The molecule has 0 radical (unpaired) electrons. The van der Waals surface area contributed by atoms with Crippen molar-refractivity contribution in [1.29, 1.82) is 0 Å². The van der Waals surface area contributed by atoms with Gasteiger partial charge in [-0.15, -0.1) is 6.58 Å². The first-order valence-corrected chi connectivity index (χ1v) is 5.15. The number of aliphatic hydroxyl groups excluding tert-OH is 1. The molecule has 0 spiro atoms. The van der Waals surface area contributed by atoms with Crippen molar-refractivity contribution in [3.8, 4) is 5.75 Å². The Balaban J connectivity index is 2.57. The molecule has 1 aromatic carbocycles. The lowest BCUT2D eigenvalue weighted by Crippen LogP contribution is -2.30. The second-order valence-corrected chi connectivity index (χ2v) is 3.81. The maximum absolute atomic E-state index is 9.13. The smallest absolute Gasteiger partial charge is 0.118 e. The molecule has 0 saturated carbocycles. The fourth-order valence-electron chi connectivity index (χ4n) is 1.14. The van der Waals surface area contributed by atoms with Crippen LogP contribution >= 0.6 is 0 Å². The molecule has 1 aromatic rings. The molecule has 16 heavy (non-hydrogen) atoms. The van der Waals surface area contributed by atoms with E-state index in [-0.39, 0.29) is 6.61 Å². The Bertz CT molecular complexity index is 332.